The van der Waals surface area contributed by atoms with E-state index in [-0.39, 0.29) is 24.2 Å². The number of rotatable bonds is 2. The minimum atomic E-state index is -0.314. The molecule has 2 rings (SSSR count). The lowest BCUT2D eigenvalue weighted by molar-refractivity contribution is -0.134. The van der Waals surface area contributed by atoms with E-state index in [1.807, 2.05) is 0 Å². The summed E-state index contributed by atoms with van der Waals surface area (Å²) in [6, 6.07) is 5.83. The van der Waals surface area contributed by atoms with Crippen molar-refractivity contribution in [3.05, 3.63) is 41.7 Å². The van der Waals surface area contributed by atoms with Crippen LogP contribution in [0.1, 0.15) is 5.56 Å². The SMILES string of the molecule is O=C1CN(C(=O)C=Cc2ccc(F)cc2)CCN1. The molecule has 0 aliphatic carbocycles. The lowest BCUT2D eigenvalue weighted by Gasteiger charge is -2.25. The predicted molar refractivity (Wildman–Crippen MR) is 65.0 cm³/mol. The Morgan fingerprint density at radius 2 is 2.06 bits per heavy atom. The first-order valence-electron chi connectivity index (χ1n) is 5.64. The summed E-state index contributed by atoms with van der Waals surface area (Å²) >= 11 is 0. The number of nitrogens with one attached hydrogen (secondary N) is 1. The van der Waals surface area contributed by atoms with Crippen LogP contribution in [0, 0.1) is 5.82 Å². The first-order chi connectivity index (χ1) is 8.65. The van der Waals surface area contributed by atoms with Crippen molar-refractivity contribution in [2.45, 2.75) is 0 Å². The highest BCUT2D eigenvalue weighted by molar-refractivity contribution is 5.94. The van der Waals surface area contributed by atoms with Gasteiger partial charge in [-0.05, 0) is 23.8 Å². The van der Waals surface area contributed by atoms with Gasteiger partial charge in [0.15, 0.2) is 0 Å². The number of benzene rings is 1. The maximum atomic E-state index is 12.7. The van der Waals surface area contributed by atoms with Gasteiger partial charge in [0.05, 0.1) is 6.54 Å². The first-order valence-corrected chi connectivity index (χ1v) is 5.64. The van der Waals surface area contributed by atoms with Crippen LogP contribution in [0.25, 0.3) is 6.08 Å². The van der Waals surface area contributed by atoms with Gasteiger partial charge >= 0.3 is 0 Å². The summed E-state index contributed by atoms with van der Waals surface area (Å²) in [6.45, 7) is 1.08. The van der Waals surface area contributed by atoms with Gasteiger partial charge in [-0.2, -0.15) is 0 Å². The maximum Gasteiger partial charge on any atom is 0.247 e. The second-order valence-electron chi connectivity index (χ2n) is 3.99. The minimum absolute atomic E-state index is 0.0899. The topological polar surface area (TPSA) is 49.4 Å². The largest absolute Gasteiger partial charge is 0.353 e. The molecule has 1 aliphatic rings. The second-order valence-corrected chi connectivity index (χ2v) is 3.99. The van der Waals surface area contributed by atoms with Gasteiger partial charge in [0.25, 0.3) is 0 Å². The Bertz CT molecular complexity index is 482. The van der Waals surface area contributed by atoms with E-state index in [4.69, 9.17) is 0 Å². The summed E-state index contributed by atoms with van der Waals surface area (Å²) in [7, 11) is 0. The molecule has 0 radical (unpaired) electrons. The average molecular weight is 248 g/mol. The Morgan fingerprint density at radius 1 is 1.33 bits per heavy atom. The Hall–Kier alpha value is -2.17. The summed E-state index contributed by atoms with van der Waals surface area (Å²) in [5, 5.41) is 2.65. The number of carbonyl (C=O) groups excluding carboxylic acids is 2. The van der Waals surface area contributed by atoms with Crippen LogP contribution in [0.4, 0.5) is 4.39 Å². The number of carbonyl (C=O) groups is 2. The molecule has 1 fully saturated rings. The molecular formula is C13H13FN2O2. The fourth-order valence-corrected chi connectivity index (χ4v) is 1.67. The van der Waals surface area contributed by atoms with E-state index < -0.39 is 0 Å². The van der Waals surface area contributed by atoms with Gasteiger partial charge in [-0.3, -0.25) is 9.59 Å². The predicted octanol–water partition coefficient (Wildman–Crippen LogP) is 0.797. The number of amides is 2. The van der Waals surface area contributed by atoms with Crippen LogP contribution in [0.2, 0.25) is 0 Å². The van der Waals surface area contributed by atoms with Crippen molar-refractivity contribution < 1.29 is 14.0 Å². The van der Waals surface area contributed by atoms with Crippen LogP contribution in [0.5, 0.6) is 0 Å². The average Bonchev–Trinajstić information content (AvgIpc) is 2.38. The summed E-state index contributed by atoms with van der Waals surface area (Å²) in [5.74, 6) is -0.676. The van der Waals surface area contributed by atoms with Crippen LogP contribution in [-0.4, -0.2) is 36.3 Å². The zero-order valence-corrected chi connectivity index (χ0v) is 9.73. The highest BCUT2D eigenvalue weighted by Crippen LogP contribution is 2.05. The van der Waals surface area contributed by atoms with Crippen molar-refractivity contribution in [1.29, 1.82) is 0 Å². The fraction of sp³-hybridized carbons (Fsp3) is 0.231. The Morgan fingerprint density at radius 3 is 2.72 bits per heavy atom. The molecular weight excluding hydrogens is 235 g/mol. The Balaban J connectivity index is 1.98. The lowest BCUT2D eigenvalue weighted by Crippen LogP contribution is -2.49. The molecule has 1 aliphatic heterocycles. The van der Waals surface area contributed by atoms with E-state index in [0.29, 0.717) is 13.1 Å². The van der Waals surface area contributed by atoms with Crippen molar-refractivity contribution in [3.8, 4) is 0 Å². The normalized spacial score (nSPS) is 15.8. The van der Waals surface area contributed by atoms with Crippen LogP contribution in [0.3, 0.4) is 0 Å². The number of hydrogen-bond acceptors (Lipinski definition) is 2. The van der Waals surface area contributed by atoms with Crippen LogP contribution in [-0.2, 0) is 9.59 Å². The molecule has 18 heavy (non-hydrogen) atoms. The maximum absolute atomic E-state index is 12.7. The van der Waals surface area contributed by atoms with E-state index in [0.717, 1.165) is 5.56 Å². The first kappa shape index (κ1) is 12.3. The van der Waals surface area contributed by atoms with E-state index in [1.165, 1.54) is 23.1 Å². The van der Waals surface area contributed by atoms with Crippen molar-refractivity contribution in [1.82, 2.24) is 10.2 Å². The van der Waals surface area contributed by atoms with Crippen LogP contribution >= 0.6 is 0 Å². The summed E-state index contributed by atoms with van der Waals surface area (Å²) < 4.78 is 12.7. The molecule has 2 amide bonds. The van der Waals surface area contributed by atoms with Gasteiger partial charge < -0.3 is 10.2 Å². The highest BCUT2D eigenvalue weighted by Gasteiger charge is 2.18. The molecule has 1 N–H and O–H groups in total. The van der Waals surface area contributed by atoms with Crippen molar-refractivity contribution in [2.75, 3.05) is 19.6 Å². The molecule has 0 unspecified atom stereocenters. The molecule has 5 heteroatoms. The van der Waals surface area contributed by atoms with Crippen molar-refractivity contribution >= 4 is 17.9 Å². The molecule has 0 aromatic heterocycles. The van der Waals surface area contributed by atoms with Crippen molar-refractivity contribution in [3.63, 3.8) is 0 Å². The minimum Gasteiger partial charge on any atom is -0.353 e. The molecule has 0 bridgehead atoms. The lowest BCUT2D eigenvalue weighted by atomic mass is 10.2. The quantitative estimate of drug-likeness (QED) is 0.787. The van der Waals surface area contributed by atoms with Crippen LogP contribution in [0.15, 0.2) is 30.3 Å². The number of nitrogens with zero attached hydrogens (tertiary/aromatic N) is 1. The van der Waals surface area contributed by atoms with Gasteiger partial charge in [0.2, 0.25) is 11.8 Å². The molecule has 1 heterocycles. The van der Waals surface area contributed by atoms with Gasteiger partial charge in [-0.25, -0.2) is 4.39 Å². The Labute approximate surface area is 104 Å². The van der Waals surface area contributed by atoms with E-state index in [9.17, 15) is 14.0 Å². The molecule has 0 saturated carbocycles. The fourth-order valence-electron chi connectivity index (χ4n) is 1.67. The van der Waals surface area contributed by atoms with E-state index in [2.05, 4.69) is 5.32 Å². The van der Waals surface area contributed by atoms with E-state index >= 15 is 0 Å². The number of piperazine rings is 1. The highest BCUT2D eigenvalue weighted by atomic mass is 19.1. The number of halogens is 1. The standard InChI is InChI=1S/C13H13FN2O2/c14-11-4-1-10(2-5-11)3-6-13(18)16-8-7-15-12(17)9-16/h1-6H,7-9H2,(H,15,17). The van der Waals surface area contributed by atoms with Gasteiger partial charge in [0, 0.05) is 19.2 Å². The molecule has 4 nitrogen and oxygen atoms in total. The molecule has 94 valence electrons. The van der Waals surface area contributed by atoms with Gasteiger partial charge in [-0.15, -0.1) is 0 Å². The summed E-state index contributed by atoms with van der Waals surface area (Å²) in [6.07, 6.45) is 3.00. The van der Waals surface area contributed by atoms with E-state index in [1.54, 1.807) is 18.2 Å². The van der Waals surface area contributed by atoms with Gasteiger partial charge in [-0.1, -0.05) is 12.1 Å². The monoisotopic (exact) mass is 248 g/mol. The Kier molecular flexibility index (Phi) is 3.72. The smallest absolute Gasteiger partial charge is 0.247 e. The molecule has 0 atom stereocenters. The third-order valence-corrected chi connectivity index (χ3v) is 2.64. The third-order valence-electron chi connectivity index (χ3n) is 2.64. The zero-order chi connectivity index (χ0) is 13.0. The number of hydrogen-bond donors (Lipinski definition) is 1. The molecule has 1 saturated heterocycles. The summed E-state index contributed by atoms with van der Waals surface area (Å²) in [4.78, 5) is 24.4. The molecule has 1 aromatic rings. The molecule has 1 aromatic carbocycles. The van der Waals surface area contributed by atoms with Crippen LogP contribution < -0.4 is 5.32 Å². The third kappa shape index (κ3) is 3.16. The summed E-state index contributed by atoms with van der Waals surface area (Å²) in [5.41, 5.74) is 0.742. The van der Waals surface area contributed by atoms with Gasteiger partial charge in [0.1, 0.15) is 5.82 Å². The molecule has 0 spiro atoms. The zero-order valence-electron chi connectivity index (χ0n) is 9.73. The van der Waals surface area contributed by atoms with Crippen molar-refractivity contribution in [2.24, 2.45) is 0 Å². The second kappa shape index (κ2) is 5.44.